The van der Waals surface area contributed by atoms with Gasteiger partial charge in [0.05, 0.1) is 29.5 Å². The topological polar surface area (TPSA) is 160 Å². The van der Waals surface area contributed by atoms with Gasteiger partial charge in [-0.05, 0) is 87.6 Å². The molecule has 4 N–H and O–H groups in total. The zero-order chi connectivity index (χ0) is 29.7. The lowest BCUT2D eigenvalue weighted by molar-refractivity contribution is 0.0505. The minimum absolute atomic E-state index is 0.0735. The molecule has 1 aliphatic rings. The number of carbonyl (C=O) groups excluding carboxylic acids is 1. The van der Waals surface area contributed by atoms with Crippen molar-refractivity contribution in [2.24, 2.45) is 0 Å². The van der Waals surface area contributed by atoms with Gasteiger partial charge in [0.2, 0.25) is 5.95 Å². The van der Waals surface area contributed by atoms with Crippen molar-refractivity contribution in [1.82, 2.24) is 19.5 Å². The number of carbonyl (C=O) groups is 1. The summed E-state index contributed by atoms with van der Waals surface area (Å²) in [6, 6.07) is 12.5. The molecule has 0 aliphatic heterocycles. The molecular formula is C29H35N7O5S. The summed E-state index contributed by atoms with van der Waals surface area (Å²) >= 11 is 0. The van der Waals surface area contributed by atoms with Crippen molar-refractivity contribution in [3.63, 3.8) is 0 Å². The number of sulfonamides is 1. The first-order valence-electron chi connectivity index (χ1n) is 14.1. The summed E-state index contributed by atoms with van der Waals surface area (Å²) in [6.07, 6.45) is 5.31. The molecule has 0 bridgehead atoms. The number of aryl methyl sites for hydroxylation is 1. The fourth-order valence-corrected chi connectivity index (χ4v) is 5.81. The van der Waals surface area contributed by atoms with Crippen molar-refractivity contribution < 1.29 is 23.1 Å². The van der Waals surface area contributed by atoms with Crippen molar-refractivity contribution >= 4 is 50.3 Å². The number of hydrogen-bond acceptors (Lipinski definition) is 10. The largest absolute Gasteiger partial charge is 0.462 e. The SMILES string of the molecule is CCCOC(=O)c1ccc(NS(=O)(=O)c2ccc(Nc3nc(NC4CCC(O)CC4)nc4c3ncn4CC)cc2)cc1. The zero-order valence-corrected chi connectivity index (χ0v) is 24.4. The average Bonchev–Trinajstić information content (AvgIpc) is 3.41. The fraction of sp³-hybridized carbons (Fsp3) is 0.379. The molecule has 42 heavy (non-hydrogen) atoms. The Morgan fingerprint density at radius 1 is 1.00 bits per heavy atom. The molecule has 1 aliphatic carbocycles. The summed E-state index contributed by atoms with van der Waals surface area (Å²) in [5.41, 5.74) is 2.58. The Kier molecular flexibility index (Phi) is 8.88. The molecule has 2 heterocycles. The van der Waals surface area contributed by atoms with Gasteiger partial charge >= 0.3 is 5.97 Å². The number of nitrogens with one attached hydrogen (secondary N) is 3. The third kappa shape index (κ3) is 6.80. The second-order valence-electron chi connectivity index (χ2n) is 10.2. The fourth-order valence-electron chi connectivity index (χ4n) is 4.75. The summed E-state index contributed by atoms with van der Waals surface area (Å²) in [6.45, 7) is 4.93. The highest BCUT2D eigenvalue weighted by Crippen LogP contribution is 2.27. The summed E-state index contributed by atoms with van der Waals surface area (Å²) in [4.78, 5) is 26.0. The number of benzene rings is 2. The van der Waals surface area contributed by atoms with Crippen LogP contribution in [0.3, 0.4) is 0 Å². The van der Waals surface area contributed by atoms with Crippen LogP contribution in [0.5, 0.6) is 0 Å². The summed E-state index contributed by atoms with van der Waals surface area (Å²) < 4.78 is 35.6. The van der Waals surface area contributed by atoms with Crippen LogP contribution in [-0.2, 0) is 21.3 Å². The molecule has 0 saturated heterocycles. The van der Waals surface area contributed by atoms with E-state index in [0.717, 1.165) is 32.1 Å². The second kappa shape index (κ2) is 12.7. The monoisotopic (exact) mass is 593 g/mol. The number of ether oxygens (including phenoxy) is 1. The van der Waals surface area contributed by atoms with Gasteiger partial charge < -0.3 is 25.0 Å². The lowest BCUT2D eigenvalue weighted by atomic mass is 9.93. The van der Waals surface area contributed by atoms with Crippen LogP contribution in [0.4, 0.5) is 23.1 Å². The maximum Gasteiger partial charge on any atom is 0.338 e. The second-order valence-corrected chi connectivity index (χ2v) is 11.9. The summed E-state index contributed by atoms with van der Waals surface area (Å²) in [5, 5.41) is 16.5. The van der Waals surface area contributed by atoms with E-state index >= 15 is 0 Å². The molecule has 5 rings (SSSR count). The van der Waals surface area contributed by atoms with Gasteiger partial charge in [0.25, 0.3) is 10.0 Å². The van der Waals surface area contributed by atoms with Gasteiger partial charge in [0.15, 0.2) is 17.0 Å². The minimum atomic E-state index is -3.88. The average molecular weight is 594 g/mol. The Morgan fingerprint density at radius 2 is 1.69 bits per heavy atom. The molecule has 0 atom stereocenters. The van der Waals surface area contributed by atoms with Crippen molar-refractivity contribution in [2.75, 3.05) is 22.0 Å². The molecule has 0 radical (unpaired) electrons. The van der Waals surface area contributed by atoms with Gasteiger partial charge in [-0.1, -0.05) is 6.92 Å². The molecule has 1 fully saturated rings. The van der Waals surface area contributed by atoms with Gasteiger partial charge in [-0.2, -0.15) is 9.97 Å². The maximum atomic E-state index is 13.0. The van der Waals surface area contributed by atoms with Gasteiger partial charge in [-0.3, -0.25) is 4.72 Å². The molecule has 0 spiro atoms. The van der Waals surface area contributed by atoms with Crippen LogP contribution in [0, 0.1) is 0 Å². The molecule has 12 nitrogen and oxygen atoms in total. The highest BCUT2D eigenvalue weighted by atomic mass is 32.2. The number of imidazole rings is 1. The van der Waals surface area contributed by atoms with Crippen molar-refractivity contribution in [3.8, 4) is 0 Å². The highest BCUT2D eigenvalue weighted by molar-refractivity contribution is 7.92. The van der Waals surface area contributed by atoms with Crippen LogP contribution in [0.25, 0.3) is 11.2 Å². The van der Waals surface area contributed by atoms with E-state index < -0.39 is 16.0 Å². The number of anilines is 4. The molecule has 4 aromatic rings. The van der Waals surface area contributed by atoms with E-state index in [1.807, 2.05) is 18.4 Å². The van der Waals surface area contributed by atoms with Crippen molar-refractivity contribution in [1.29, 1.82) is 0 Å². The quantitative estimate of drug-likeness (QED) is 0.180. The molecule has 2 aromatic carbocycles. The maximum absolute atomic E-state index is 13.0. The Hall–Kier alpha value is -4.23. The number of rotatable bonds is 11. The number of hydrogen-bond donors (Lipinski definition) is 4. The number of nitrogens with zero attached hydrogens (tertiary/aromatic N) is 4. The number of aliphatic hydroxyl groups is 1. The number of aliphatic hydroxyl groups excluding tert-OH is 1. The van der Waals surface area contributed by atoms with Crippen LogP contribution >= 0.6 is 0 Å². The highest BCUT2D eigenvalue weighted by Gasteiger charge is 2.22. The van der Waals surface area contributed by atoms with E-state index in [-0.39, 0.29) is 17.0 Å². The Labute approximate surface area is 244 Å². The van der Waals surface area contributed by atoms with E-state index in [2.05, 4.69) is 25.3 Å². The summed E-state index contributed by atoms with van der Waals surface area (Å²) in [5.74, 6) is 0.514. The van der Waals surface area contributed by atoms with E-state index in [0.29, 0.717) is 53.0 Å². The lowest BCUT2D eigenvalue weighted by Gasteiger charge is -2.26. The van der Waals surface area contributed by atoms with E-state index in [4.69, 9.17) is 9.72 Å². The van der Waals surface area contributed by atoms with Crippen molar-refractivity contribution in [3.05, 3.63) is 60.4 Å². The van der Waals surface area contributed by atoms with Crippen LogP contribution in [0.1, 0.15) is 56.3 Å². The Bertz CT molecular complexity index is 1630. The standard InChI is InChI=1S/C29H35N7O5S/c1-3-17-41-28(38)19-5-7-22(8-6-19)35-42(39,40)24-15-11-20(12-16-24)31-26-25-27(36(4-2)18-30-25)34-29(33-26)32-21-9-13-23(37)14-10-21/h5-8,11-12,15-16,18,21,23,35,37H,3-4,9-10,13-14,17H2,1-2H3,(H2,31,32,33,34). The van der Waals surface area contributed by atoms with Crippen LogP contribution < -0.4 is 15.4 Å². The van der Waals surface area contributed by atoms with Gasteiger partial charge in [0.1, 0.15) is 0 Å². The van der Waals surface area contributed by atoms with E-state index in [1.54, 1.807) is 18.5 Å². The van der Waals surface area contributed by atoms with E-state index in [1.165, 1.54) is 36.4 Å². The minimum Gasteiger partial charge on any atom is -0.462 e. The molecule has 0 unspecified atom stereocenters. The predicted octanol–water partition coefficient (Wildman–Crippen LogP) is 4.67. The van der Waals surface area contributed by atoms with Crippen LogP contribution in [-0.4, -0.2) is 57.8 Å². The molecule has 2 aromatic heterocycles. The smallest absolute Gasteiger partial charge is 0.338 e. The molecule has 13 heteroatoms. The van der Waals surface area contributed by atoms with Gasteiger partial charge in [0, 0.05) is 24.0 Å². The molecule has 222 valence electrons. The first-order chi connectivity index (χ1) is 20.3. The van der Waals surface area contributed by atoms with Crippen molar-refractivity contribution in [2.45, 2.75) is 69.5 Å². The van der Waals surface area contributed by atoms with Crippen LogP contribution in [0.2, 0.25) is 0 Å². The van der Waals surface area contributed by atoms with Gasteiger partial charge in [-0.25, -0.2) is 18.2 Å². The van der Waals surface area contributed by atoms with Gasteiger partial charge in [-0.15, -0.1) is 0 Å². The number of fused-ring (bicyclic) bond motifs is 1. The third-order valence-electron chi connectivity index (χ3n) is 7.07. The first kappa shape index (κ1) is 29.3. The Morgan fingerprint density at radius 3 is 2.36 bits per heavy atom. The zero-order valence-electron chi connectivity index (χ0n) is 23.6. The van der Waals surface area contributed by atoms with E-state index in [9.17, 15) is 18.3 Å². The first-order valence-corrected chi connectivity index (χ1v) is 15.6. The number of aromatic nitrogens is 4. The predicted molar refractivity (Wildman–Crippen MR) is 160 cm³/mol. The Balaban J connectivity index is 1.31. The number of esters is 1. The molecule has 0 amide bonds. The molecule has 1 saturated carbocycles. The third-order valence-corrected chi connectivity index (χ3v) is 8.47. The lowest BCUT2D eigenvalue weighted by Crippen LogP contribution is -2.29. The normalized spacial score (nSPS) is 17.1. The van der Waals surface area contributed by atoms with Crippen LogP contribution in [0.15, 0.2) is 59.8 Å². The molecular weight excluding hydrogens is 558 g/mol. The summed E-state index contributed by atoms with van der Waals surface area (Å²) in [7, 11) is -3.88.